The van der Waals surface area contributed by atoms with Crippen molar-refractivity contribution in [2.24, 2.45) is 5.73 Å². The van der Waals surface area contributed by atoms with E-state index in [1.54, 1.807) is 12.1 Å². The fraction of sp³-hybridized carbons (Fsp3) is 0.429. The Bertz CT molecular complexity index is 762. The molecule has 0 bridgehead atoms. The molecule has 9 heteroatoms. The standard InChI is InChI=1S/C14H17Cl2N3O3S/c15-11-6-5-10(8-12(11)16)9-23(20,21)14-19-18-13(22-14)4-2-1-3-7-17/h5-6,8H,1-4,7,9,17H2. The second-order valence-corrected chi connectivity index (χ2v) is 7.75. The van der Waals surface area contributed by atoms with Gasteiger partial charge in [0.1, 0.15) is 0 Å². The molecule has 2 N–H and O–H groups in total. The number of unbranched alkanes of at least 4 members (excludes halogenated alkanes) is 2. The van der Waals surface area contributed by atoms with Crippen molar-refractivity contribution in [3.05, 3.63) is 39.7 Å². The van der Waals surface area contributed by atoms with Crippen LogP contribution in [0.3, 0.4) is 0 Å². The first-order valence-corrected chi connectivity index (χ1v) is 9.52. The van der Waals surface area contributed by atoms with Crippen LogP contribution in [-0.4, -0.2) is 25.2 Å². The van der Waals surface area contributed by atoms with Crippen molar-refractivity contribution in [2.75, 3.05) is 6.54 Å². The summed E-state index contributed by atoms with van der Waals surface area (Å²) in [4.78, 5) is 0. The quantitative estimate of drug-likeness (QED) is 0.709. The van der Waals surface area contributed by atoms with Crippen LogP contribution in [0, 0.1) is 0 Å². The third-order valence-electron chi connectivity index (χ3n) is 3.15. The van der Waals surface area contributed by atoms with Crippen LogP contribution in [0.5, 0.6) is 0 Å². The maximum Gasteiger partial charge on any atom is 0.335 e. The first kappa shape index (κ1) is 18.2. The molecule has 0 saturated heterocycles. The summed E-state index contributed by atoms with van der Waals surface area (Å²) in [6.07, 6.45) is 3.21. The molecule has 0 fully saturated rings. The number of aromatic nitrogens is 2. The number of hydrogen-bond donors (Lipinski definition) is 1. The van der Waals surface area contributed by atoms with E-state index in [9.17, 15) is 8.42 Å². The largest absolute Gasteiger partial charge is 0.413 e. The van der Waals surface area contributed by atoms with Crippen molar-refractivity contribution in [1.82, 2.24) is 10.2 Å². The molecule has 0 spiro atoms. The van der Waals surface area contributed by atoms with Gasteiger partial charge >= 0.3 is 5.22 Å². The van der Waals surface area contributed by atoms with Crippen LogP contribution in [0.15, 0.2) is 27.8 Å². The molecule has 126 valence electrons. The number of benzene rings is 1. The Labute approximate surface area is 144 Å². The second-order valence-electron chi connectivity index (χ2n) is 5.07. The Balaban J connectivity index is 2.04. The van der Waals surface area contributed by atoms with Gasteiger partial charge in [-0.1, -0.05) is 40.8 Å². The van der Waals surface area contributed by atoms with E-state index in [4.69, 9.17) is 33.4 Å². The number of halogens is 2. The molecule has 1 aromatic carbocycles. The van der Waals surface area contributed by atoms with Crippen LogP contribution in [0.2, 0.25) is 10.0 Å². The number of nitrogens with two attached hydrogens (primary N) is 1. The lowest BCUT2D eigenvalue weighted by Crippen LogP contribution is -2.05. The van der Waals surface area contributed by atoms with Gasteiger partial charge in [0.2, 0.25) is 15.7 Å². The summed E-state index contributed by atoms with van der Waals surface area (Å²) in [5.74, 6) is 0.0355. The molecule has 0 aliphatic rings. The molecule has 0 aliphatic carbocycles. The highest BCUT2D eigenvalue weighted by atomic mass is 35.5. The smallest absolute Gasteiger partial charge is 0.335 e. The van der Waals surface area contributed by atoms with E-state index in [1.807, 2.05) is 0 Å². The van der Waals surface area contributed by atoms with Crippen molar-refractivity contribution in [1.29, 1.82) is 0 Å². The normalized spacial score (nSPS) is 11.8. The van der Waals surface area contributed by atoms with Gasteiger partial charge in [-0.3, -0.25) is 0 Å². The van der Waals surface area contributed by atoms with E-state index in [0.29, 0.717) is 34.5 Å². The van der Waals surface area contributed by atoms with Crippen LogP contribution in [0.4, 0.5) is 0 Å². The summed E-state index contributed by atoms with van der Waals surface area (Å²) in [5.41, 5.74) is 5.92. The molecule has 0 radical (unpaired) electrons. The number of nitrogens with zero attached hydrogens (tertiary/aromatic N) is 2. The molecule has 0 aliphatic heterocycles. The Morgan fingerprint density at radius 1 is 1.09 bits per heavy atom. The zero-order valence-corrected chi connectivity index (χ0v) is 14.7. The van der Waals surface area contributed by atoms with Gasteiger partial charge in [0.05, 0.1) is 15.8 Å². The van der Waals surface area contributed by atoms with Crippen molar-refractivity contribution in [2.45, 2.75) is 36.7 Å². The fourth-order valence-corrected chi connectivity index (χ4v) is 3.42. The third kappa shape index (κ3) is 5.17. The number of sulfone groups is 1. The third-order valence-corrected chi connectivity index (χ3v) is 5.30. The van der Waals surface area contributed by atoms with Crippen LogP contribution in [-0.2, 0) is 22.0 Å². The first-order valence-electron chi connectivity index (χ1n) is 7.11. The van der Waals surface area contributed by atoms with E-state index < -0.39 is 9.84 Å². The monoisotopic (exact) mass is 377 g/mol. The Morgan fingerprint density at radius 2 is 1.87 bits per heavy atom. The fourth-order valence-electron chi connectivity index (χ4n) is 1.97. The predicted molar refractivity (Wildman–Crippen MR) is 88.3 cm³/mol. The number of aryl methyl sites for hydroxylation is 1. The number of rotatable bonds is 8. The van der Waals surface area contributed by atoms with Gasteiger partial charge < -0.3 is 10.2 Å². The lowest BCUT2D eigenvalue weighted by atomic mass is 10.2. The van der Waals surface area contributed by atoms with E-state index in [-0.39, 0.29) is 11.0 Å². The molecule has 0 unspecified atom stereocenters. The van der Waals surface area contributed by atoms with E-state index in [2.05, 4.69) is 10.2 Å². The molecular formula is C14H17Cl2N3O3S. The highest BCUT2D eigenvalue weighted by Gasteiger charge is 2.23. The molecule has 23 heavy (non-hydrogen) atoms. The Hall–Kier alpha value is -1.15. The molecule has 2 rings (SSSR count). The summed E-state index contributed by atoms with van der Waals surface area (Å²) in [6, 6.07) is 4.65. The minimum absolute atomic E-state index is 0.279. The first-order chi connectivity index (χ1) is 10.9. The molecule has 0 atom stereocenters. The maximum absolute atomic E-state index is 12.3. The van der Waals surface area contributed by atoms with Crippen LogP contribution in [0.1, 0.15) is 30.7 Å². The highest BCUT2D eigenvalue weighted by molar-refractivity contribution is 7.90. The number of hydrogen-bond acceptors (Lipinski definition) is 6. The van der Waals surface area contributed by atoms with Gasteiger partial charge in [0.15, 0.2) is 0 Å². The Morgan fingerprint density at radius 3 is 2.57 bits per heavy atom. The lowest BCUT2D eigenvalue weighted by molar-refractivity contribution is 0.391. The second kappa shape index (κ2) is 8.10. The molecular weight excluding hydrogens is 361 g/mol. The van der Waals surface area contributed by atoms with E-state index in [0.717, 1.165) is 19.3 Å². The van der Waals surface area contributed by atoms with Crippen molar-refractivity contribution < 1.29 is 12.8 Å². The predicted octanol–water partition coefficient (Wildman–Crippen LogP) is 3.02. The van der Waals surface area contributed by atoms with Gasteiger partial charge in [-0.15, -0.1) is 5.10 Å². The topological polar surface area (TPSA) is 99.1 Å². The maximum atomic E-state index is 12.3. The average Bonchev–Trinajstić information content (AvgIpc) is 2.97. The summed E-state index contributed by atoms with van der Waals surface area (Å²) < 4.78 is 29.9. The minimum Gasteiger partial charge on any atom is -0.413 e. The van der Waals surface area contributed by atoms with Crippen LogP contribution >= 0.6 is 23.2 Å². The summed E-state index contributed by atoms with van der Waals surface area (Å²) >= 11 is 11.7. The molecule has 0 amide bonds. The zero-order valence-electron chi connectivity index (χ0n) is 12.3. The van der Waals surface area contributed by atoms with Crippen molar-refractivity contribution in [3.63, 3.8) is 0 Å². The van der Waals surface area contributed by atoms with Gasteiger partial charge in [-0.2, -0.15) is 0 Å². The van der Waals surface area contributed by atoms with Gasteiger partial charge in [0, 0.05) is 6.42 Å². The molecule has 2 aromatic rings. The molecule has 6 nitrogen and oxygen atoms in total. The Kier molecular flexibility index (Phi) is 6.41. The summed E-state index contributed by atoms with van der Waals surface area (Å²) in [6.45, 7) is 0.632. The van der Waals surface area contributed by atoms with Gasteiger partial charge in [-0.05, 0) is 37.1 Å². The average molecular weight is 378 g/mol. The van der Waals surface area contributed by atoms with E-state index in [1.165, 1.54) is 6.07 Å². The zero-order chi connectivity index (χ0) is 16.9. The molecule has 0 saturated carbocycles. The van der Waals surface area contributed by atoms with Crippen molar-refractivity contribution >= 4 is 33.0 Å². The SMILES string of the molecule is NCCCCCc1nnc(S(=O)(=O)Cc2ccc(Cl)c(Cl)c2)o1. The lowest BCUT2D eigenvalue weighted by Gasteiger charge is -2.02. The molecule has 1 aromatic heterocycles. The highest BCUT2D eigenvalue weighted by Crippen LogP contribution is 2.25. The van der Waals surface area contributed by atoms with Gasteiger partial charge in [0.25, 0.3) is 0 Å². The summed E-state index contributed by atoms with van der Waals surface area (Å²) in [5, 5.41) is 7.70. The minimum atomic E-state index is -3.72. The van der Waals surface area contributed by atoms with E-state index >= 15 is 0 Å². The molecule has 1 heterocycles. The van der Waals surface area contributed by atoms with Crippen LogP contribution < -0.4 is 5.73 Å². The summed E-state index contributed by atoms with van der Waals surface area (Å²) in [7, 11) is -3.72. The van der Waals surface area contributed by atoms with Crippen LogP contribution in [0.25, 0.3) is 0 Å². The van der Waals surface area contributed by atoms with Crippen molar-refractivity contribution in [3.8, 4) is 0 Å². The van der Waals surface area contributed by atoms with Gasteiger partial charge in [-0.25, -0.2) is 8.42 Å².